The van der Waals surface area contributed by atoms with Crippen LogP contribution in [0.2, 0.25) is 0 Å². The van der Waals surface area contributed by atoms with Crippen LogP contribution in [0.15, 0.2) is 11.6 Å². The molecule has 0 radical (unpaired) electrons. The second-order valence-electron chi connectivity index (χ2n) is 13.0. The number of carboxylic acids is 1. The van der Waals surface area contributed by atoms with Crippen molar-refractivity contribution in [2.45, 2.75) is 87.4 Å². The molecule has 4 aliphatic carbocycles. The van der Waals surface area contributed by atoms with E-state index < -0.39 is 82.7 Å². The maximum Gasteiger partial charge on any atom is 0.331 e. The maximum absolute atomic E-state index is 12.5. The van der Waals surface area contributed by atoms with Crippen molar-refractivity contribution in [3.8, 4) is 0 Å². The topological polar surface area (TPSA) is 217 Å². The van der Waals surface area contributed by atoms with Gasteiger partial charge in [0.25, 0.3) is 0 Å². The van der Waals surface area contributed by atoms with Crippen molar-refractivity contribution < 1.29 is 54.5 Å². The minimum atomic E-state index is -1.68. The predicted octanol–water partition coefficient (Wildman–Crippen LogP) is -0.671. The molecule has 4 unspecified atom stereocenters. The molecule has 0 aromatic carbocycles. The first-order chi connectivity index (χ1) is 19.2. The van der Waals surface area contributed by atoms with Crippen molar-refractivity contribution >= 4 is 29.7 Å². The Morgan fingerprint density at radius 2 is 1.95 bits per heavy atom. The third-order valence-corrected chi connectivity index (χ3v) is 12.2. The molecule has 5 rings (SSSR count). The Labute approximate surface area is 242 Å². The average Bonchev–Trinajstić information content (AvgIpc) is 3.43. The predicted molar refractivity (Wildman–Crippen MR) is 144 cm³/mol. The molecular weight excluding hydrogens is 558 g/mol. The summed E-state index contributed by atoms with van der Waals surface area (Å²) < 4.78 is 10.7. The van der Waals surface area contributed by atoms with E-state index in [1.54, 1.807) is 0 Å². The number of carboxylic acid groups (broad SMARTS) is 1. The van der Waals surface area contributed by atoms with Gasteiger partial charge >= 0.3 is 17.9 Å². The van der Waals surface area contributed by atoms with Gasteiger partial charge in [-0.05, 0) is 49.5 Å². The molecule has 4 fully saturated rings. The molecular formula is C28H41NO11S. The Morgan fingerprint density at radius 3 is 2.59 bits per heavy atom. The average molecular weight is 600 g/mol. The molecule has 0 amide bonds. The Balaban J connectivity index is 1.36. The number of aliphatic hydroxyl groups excluding tert-OH is 3. The first-order valence-electron chi connectivity index (χ1n) is 14.3. The standard InChI is InChI=1S/C28H41NO11S/c1-25-9-19(31)23-17(28(25,38)5-3-16(25)14-6-21(33)39-10-14)2-4-26(37)8-15(7-20(32)27(23,26)13-30)40-22(34)12-41-11-18(29)24(35)36/h6,15-20,23,30-32,37-38H,2-5,7-13,29H2,1H3,(H,35,36)/t15-,16+,17?,18?,19?,20+,23?,25+,26-,27+,28-/m0/s1. The number of ether oxygens (including phenoxy) is 2. The Morgan fingerprint density at radius 1 is 1.22 bits per heavy atom. The minimum absolute atomic E-state index is 0.0134. The molecule has 0 aromatic heterocycles. The van der Waals surface area contributed by atoms with Crippen LogP contribution in [0.1, 0.15) is 51.9 Å². The summed E-state index contributed by atoms with van der Waals surface area (Å²) in [5.74, 6) is -3.90. The van der Waals surface area contributed by atoms with E-state index in [4.69, 9.17) is 20.3 Å². The Hall–Kier alpha value is -1.74. The van der Waals surface area contributed by atoms with Crippen molar-refractivity contribution in [1.82, 2.24) is 0 Å². The lowest BCUT2D eigenvalue weighted by Gasteiger charge is -2.68. The number of carbonyl (C=O) groups excluding carboxylic acids is 2. The van der Waals surface area contributed by atoms with E-state index in [0.717, 1.165) is 17.3 Å². The summed E-state index contributed by atoms with van der Waals surface area (Å²) in [6.07, 6.45) is -0.328. The van der Waals surface area contributed by atoms with Gasteiger partial charge in [0.1, 0.15) is 18.8 Å². The lowest BCUT2D eigenvalue weighted by Crippen LogP contribution is -2.75. The first kappa shape index (κ1) is 30.7. The smallest absolute Gasteiger partial charge is 0.331 e. The molecule has 4 saturated carbocycles. The number of aliphatic carboxylic acids is 1. The van der Waals surface area contributed by atoms with E-state index in [0.29, 0.717) is 19.3 Å². The zero-order valence-corrected chi connectivity index (χ0v) is 23.9. The van der Waals surface area contributed by atoms with Crippen molar-refractivity contribution in [2.24, 2.45) is 34.3 Å². The summed E-state index contributed by atoms with van der Waals surface area (Å²) in [6.45, 7) is 1.45. The second kappa shape index (κ2) is 10.8. The summed E-state index contributed by atoms with van der Waals surface area (Å²) >= 11 is 1.01. The molecule has 5 aliphatic rings. The molecule has 11 atom stereocenters. The van der Waals surface area contributed by atoms with Crippen LogP contribution >= 0.6 is 11.8 Å². The van der Waals surface area contributed by atoms with Crippen LogP contribution < -0.4 is 5.73 Å². The van der Waals surface area contributed by atoms with Gasteiger partial charge in [-0.3, -0.25) is 9.59 Å². The summed E-state index contributed by atoms with van der Waals surface area (Å²) in [5, 5.41) is 67.4. The highest BCUT2D eigenvalue weighted by molar-refractivity contribution is 8.00. The van der Waals surface area contributed by atoms with Crippen molar-refractivity contribution in [2.75, 3.05) is 24.7 Å². The molecule has 0 aromatic rings. The molecule has 230 valence electrons. The third kappa shape index (κ3) is 4.63. The fourth-order valence-electron chi connectivity index (χ4n) is 9.32. The summed E-state index contributed by atoms with van der Waals surface area (Å²) in [5.41, 5.74) is 0.981. The number of rotatable bonds is 8. The van der Waals surface area contributed by atoms with Gasteiger partial charge in [0.15, 0.2) is 0 Å². The van der Waals surface area contributed by atoms with E-state index in [1.165, 1.54) is 6.08 Å². The molecule has 41 heavy (non-hydrogen) atoms. The number of hydrogen-bond acceptors (Lipinski definition) is 12. The van der Waals surface area contributed by atoms with Crippen LogP contribution in [0.25, 0.3) is 0 Å². The Kier molecular flexibility index (Phi) is 8.06. The van der Waals surface area contributed by atoms with Crippen molar-refractivity contribution in [3.63, 3.8) is 0 Å². The van der Waals surface area contributed by atoms with E-state index >= 15 is 0 Å². The van der Waals surface area contributed by atoms with Crippen LogP contribution in [0.4, 0.5) is 0 Å². The summed E-state index contributed by atoms with van der Waals surface area (Å²) in [6, 6.07) is -1.12. The van der Waals surface area contributed by atoms with E-state index in [1.807, 2.05) is 6.92 Å². The SMILES string of the molecule is C[C@]12CC(O)C3C(CC[C@]4(O)C[C@@H](OC(=O)CSCC(N)C(=O)O)C[C@@H](O)[C@]34CO)[C@@]1(O)CC[C@@H]2C1=CC(=O)OC1. The third-order valence-electron chi connectivity index (χ3n) is 11.2. The fraction of sp³-hybridized carbons (Fsp3) is 0.821. The van der Waals surface area contributed by atoms with Gasteiger partial charge in [-0.1, -0.05) is 6.92 Å². The fourth-order valence-corrected chi connectivity index (χ4v) is 10.1. The van der Waals surface area contributed by atoms with E-state index in [-0.39, 0.29) is 49.7 Å². The molecule has 0 bridgehead atoms. The quantitative estimate of drug-likeness (QED) is 0.172. The number of aliphatic hydroxyl groups is 5. The minimum Gasteiger partial charge on any atom is -0.480 e. The highest BCUT2D eigenvalue weighted by Crippen LogP contribution is 2.70. The van der Waals surface area contributed by atoms with Crippen LogP contribution in [0.3, 0.4) is 0 Å². The van der Waals surface area contributed by atoms with Gasteiger partial charge in [0.2, 0.25) is 0 Å². The number of nitrogens with two attached hydrogens (primary N) is 1. The van der Waals surface area contributed by atoms with E-state index in [9.17, 15) is 39.9 Å². The summed E-state index contributed by atoms with van der Waals surface area (Å²) in [4.78, 5) is 35.2. The van der Waals surface area contributed by atoms with Crippen LogP contribution in [0.5, 0.6) is 0 Å². The maximum atomic E-state index is 12.5. The molecule has 0 saturated heterocycles. The number of fused-ring (bicyclic) bond motifs is 5. The largest absolute Gasteiger partial charge is 0.480 e. The number of cyclic esters (lactones) is 1. The van der Waals surface area contributed by atoms with Crippen LogP contribution in [-0.2, 0) is 23.9 Å². The van der Waals surface area contributed by atoms with Gasteiger partial charge < -0.3 is 45.8 Å². The molecule has 12 nitrogen and oxygen atoms in total. The van der Waals surface area contributed by atoms with Gasteiger partial charge in [0.05, 0.1) is 41.2 Å². The lowest BCUT2D eigenvalue weighted by atomic mass is 9.40. The highest BCUT2D eigenvalue weighted by atomic mass is 32.2. The molecule has 0 spiro atoms. The number of thioether (sulfide) groups is 1. The molecule has 1 aliphatic heterocycles. The van der Waals surface area contributed by atoms with Crippen molar-refractivity contribution in [1.29, 1.82) is 0 Å². The molecule has 8 N–H and O–H groups in total. The monoisotopic (exact) mass is 599 g/mol. The zero-order chi connectivity index (χ0) is 30.0. The second-order valence-corrected chi connectivity index (χ2v) is 14.0. The zero-order valence-electron chi connectivity index (χ0n) is 23.1. The Bertz CT molecular complexity index is 1120. The summed E-state index contributed by atoms with van der Waals surface area (Å²) in [7, 11) is 0. The molecule has 13 heteroatoms. The van der Waals surface area contributed by atoms with Crippen LogP contribution in [-0.4, -0.2) is 109 Å². The number of esters is 2. The van der Waals surface area contributed by atoms with Gasteiger partial charge in [-0.25, -0.2) is 4.79 Å². The number of hydrogen-bond donors (Lipinski definition) is 7. The van der Waals surface area contributed by atoms with Gasteiger partial charge in [-0.15, -0.1) is 11.8 Å². The molecule has 1 heterocycles. The first-order valence-corrected chi connectivity index (χ1v) is 15.4. The van der Waals surface area contributed by atoms with Gasteiger partial charge in [-0.2, -0.15) is 0 Å². The van der Waals surface area contributed by atoms with Crippen LogP contribution in [0, 0.1) is 28.6 Å². The highest BCUT2D eigenvalue weighted by Gasteiger charge is 2.75. The van der Waals surface area contributed by atoms with Gasteiger partial charge in [0, 0.05) is 36.0 Å². The lowest BCUT2D eigenvalue weighted by molar-refractivity contribution is -0.317. The normalized spacial score (nSPS) is 46.0. The van der Waals surface area contributed by atoms with E-state index in [2.05, 4.69) is 0 Å². The van der Waals surface area contributed by atoms with Crippen molar-refractivity contribution in [3.05, 3.63) is 11.6 Å². The number of carbonyl (C=O) groups is 3.